The van der Waals surface area contributed by atoms with Crippen LogP contribution >= 0.6 is 0 Å². The summed E-state index contributed by atoms with van der Waals surface area (Å²) in [5.41, 5.74) is 2.72. The number of hydrogen-bond acceptors (Lipinski definition) is 2. The van der Waals surface area contributed by atoms with Crippen LogP contribution in [0.5, 0.6) is 5.75 Å². The second-order valence-electron chi connectivity index (χ2n) is 4.19. The topological polar surface area (TPSA) is 48.9 Å². The van der Waals surface area contributed by atoms with E-state index in [2.05, 4.69) is 9.97 Å². The average Bonchev–Trinajstić information content (AvgIpc) is 2.74. The minimum atomic E-state index is -0.494. The third-order valence-corrected chi connectivity index (χ3v) is 2.94. The summed E-state index contributed by atoms with van der Waals surface area (Å²) in [7, 11) is 0. The Morgan fingerprint density at radius 1 is 1.17 bits per heavy atom. The van der Waals surface area contributed by atoms with Gasteiger partial charge in [-0.05, 0) is 30.7 Å². The highest BCUT2D eigenvalue weighted by molar-refractivity contribution is 5.83. The summed E-state index contributed by atoms with van der Waals surface area (Å²) >= 11 is 0. The van der Waals surface area contributed by atoms with Crippen molar-refractivity contribution in [3.05, 3.63) is 47.8 Å². The van der Waals surface area contributed by atoms with Gasteiger partial charge in [-0.15, -0.1) is 0 Å². The van der Waals surface area contributed by atoms with Gasteiger partial charge in [-0.2, -0.15) is 0 Å². The number of fused-ring (bicyclic) bond motifs is 1. The van der Waals surface area contributed by atoms with Gasteiger partial charge in [-0.25, -0.2) is 9.37 Å². The largest absolute Gasteiger partial charge is 0.507 e. The number of benzene rings is 2. The fourth-order valence-electron chi connectivity index (χ4n) is 2.04. The first-order valence-electron chi connectivity index (χ1n) is 5.60. The van der Waals surface area contributed by atoms with Gasteiger partial charge in [0.05, 0.1) is 16.6 Å². The number of nitrogens with one attached hydrogen (secondary N) is 1. The van der Waals surface area contributed by atoms with Crippen molar-refractivity contribution in [2.75, 3.05) is 0 Å². The lowest BCUT2D eigenvalue weighted by atomic mass is 10.2. The smallest absolute Gasteiger partial charge is 0.145 e. The van der Waals surface area contributed by atoms with Crippen LogP contribution in [0.1, 0.15) is 5.56 Å². The molecule has 0 fully saturated rings. The molecule has 0 bridgehead atoms. The van der Waals surface area contributed by atoms with Gasteiger partial charge in [-0.3, -0.25) is 0 Å². The van der Waals surface area contributed by atoms with Crippen LogP contribution in [0, 0.1) is 12.7 Å². The van der Waals surface area contributed by atoms with E-state index < -0.39 is 5.82 Å². The molecule has 90 valence electrons. The maximum absolute atomic E-state index is 13.7. The zero-order valence-corrected chi connectivity index (χ0v) is 9.74. The zero-order chi connectivity index (χ0) is 12.7. The minimum Gasteiger partial charge on any atom is -0.507 e. The van der Waals surface area contributed by atoms with Crippen molar-refractivity contribution in [1.29, 1.82) is 0 Å². The van der Waals surface area contributed by atoms with Crippen LogP contribution in [0.3, 0.4) is 0 Å². The molecule has 1 aromatic heterocycles. The van der Waals surface area contributed by atoms with Crippen molar-refractivity contribution in [3.8, 4) is 17.1 Å². The summed E-state index contributed by atoms with van der Waals surface area (Å²) in [5.74, 6) is -0.270. The molecule has 0 radical (unpaired) electrons. The Balaban J connectivity index is 2.30. The molecule has 0 unspecified atom stereocenters. The van der Waals surface area contributed by atoms with Crippen molar-refractivity contribution < 1.29 is 9.50 Å². The molecular weight excluding hydrogens is 231 g/mol. The first-order valence-corrected chi connectivity index (χ1v) is 5.60. The molecule has 0 atom stereocenters. The second-order valence-corrected chi connectivity index (χ2v) is 4.19. The Morgan fingerprint density at radius 3 is 2.67 bits per heavy atom. The third-order valence-electron chi connectivity index (χ3n) is 2.94. The fourth-order valence-corrected chi connectivity index (χ4v) is 2.04. The van der Waals surface area contributed by atoms with E-state index in [1.165, 1.54) is 18.2 Å². The van der Waals surface area contributed by atoms with Crippen LogP contribution in [0.2, 0.25) is 0 Å². The van der Waals surface area contributed by atoms with E-state index in [-0.39, 0.29) is 11.3 Å². The number of phenols is 1. The number of rotatable bonds is 1. The van der Waals surface area contributed by atoms with Gasteiger partial charge in [0.1, 0.15) is 17.4 Å². The van der Waals surface area contributed by atoms with E-state index in [4.69, 9.17) is 0 Å². The van der Waals surface area contributed by atoms with Crippen LogP contribution in [0.25, 0.3) is 22.4 Å². The lowest BCUT2D eigenvalue weighted by Crippen LogP contribution is -1.87. The van der Waals surface area contributed by atoms with E-state index in [0.29, 0.717) is 5.82 Å². The number of aromatic amines is 1. The molecule has 18 heavy (non-hydrogen) atoms. The third kappa shape index (κ3) is 1.54. The molecule has 0 amide bonds. The van der Waals surface area contributed by atoms with Crippen molar-refractivity contribution in [2.45, 2.75) is 6.92 Å². The normalized spacial score (nSPS) is 11.0. The number of imidazole rings is 1. The van der Waals surface area contributed by atoms with Crippen molar-refractivity contribution >= 4 is 11.0 Å². The molecule has 0 aliphatic carbocycles. The van der Waals surface area contributed by atoms with Crippen LogP contribution in [-0.4, -0.2) is 15.1 Å². The molecule has 2 N–H and O–H groups in total. The summed E-state index contributed by atoms with van der Waals surface area (Å²) in [6.07, 6.45) is 0. The fraction of sp³-hybridized carbons (Fsp3) is 0.0714. The number of phenolic OH excluding ortho intramolecular Hbond substituents is 1. The molecule has 1 heterocycles. The lowest BCUT2D eigenvalue weighted by Gasteiger charge is -2.01. The minimum absolute atomic E-state index is 0.105. The monoisotopic (exact) mass is 242 g/mol. The Morgan fingerprint density at radius 2 is 1.94 bits per heavy atom. The standard InChI is InChI=1S/C14H11FN2O/c1-8-4-2-6-10-13(8)17-14(16-10)12-9(15)5-3-7-11(12)18/h2-7,18H,1H3,(H,16,17). The van der Waals surface area contributed by atoms with Gasteiger partial charge in [0, 0.05) is 0 Å². The molecule has 3 nitrogen and oxygen atoms in total. The molecule has 0 saturated carbocycles. The Bertz CT molecular complexity index is 713. The molecule has 4 heteroatoms. The van der Waals surface area contributed by atoms with Gasteiger partial charge in [0.25, 0.3) is 0 Å². The number of aromatic hydroxyl groups is 1. The summed E-state index contributed by atoms with van der Waals surface area (Å²) in [4.78, 5) is 7.37. The van der Waals surface area contributed by atoms with E-state index in [0.717, 1.165) is 16.6 Å². The highest BCUT2D eigenvalue weighted by atomic mass is 19.1. The average molecular weight is 242 g/mol. The first kappa shape index (κ1) is 10.8. The van der Waals surface area contributed by atoms with Crippen molar-refractivity contribution in [2.24, 2.45) is 0 Å². The first-order chi connectivity index (χ1) is 8.66. The zero-order valence-electron chi connectivity index (χ0n) is 9.74. The lowest BCUT2D eigenvalue weighted by molar-refractivity contribution is 0.471. The summed E-state index contributed by atoms with van der Waals surface area (Å²) in [6.45, 7) is 1.94. The number of hydrogen-bond donors (Lipinski definition) is 2. The molecule has 0 spiro atoms. The predicted molar refractivity (Wildman–Crippen MR) is 67.9 cm³/mol. The number of para-hydroxylation sites is 1. The second kappa shape index (κ2) is 3.84. The molecule has 2 aromatic carbocycles. The number of halogens is 1. The number of aryl methyl sites for hydroxylation is 1. The SMILES string of the molecule is Cc1cccc2[nH]c(-c3c(O)cccc3F)nc12. The quantitative estimate of drug-likeness (QED) is 0.687. The molecule has 0 saturated heterocycles. The maximum atomic E-state index is 13.7. The van der Waals surface area contributed by atoms with Gasteiger partial charge >= 0.3 is 0 Å². The highest BCUT2D eigenvalue weighted by Gasteiger charge is 2.14. The summed E-state index contributed by atoms with van der Waals surface area (Å²) in [6, 6.07) is 9.92. The number of aromatic nitrogens is 2. The van der Waals surface area contributed by atoms with Gasteiger partial charge < -0.3 is 10.1 Å². The van der Waals surface area contributed by atoms with Crippen LogP contribution in [0.15, 0.2) is 36.4 Å². The van der Waals surface area contributed by atoms with E-state index in [1.807, 2.05) is 25.1 Å². The van der Waals surface area contributed by atoms with Crippen LogP contribution in [-0.2, 0) is 0 Å². The predicted octanol–water partition coefficient (Wildman–Crippen LogP) is 3.38. The van der Waals surface area contributed by atoms with Gasteiger partial charge in [-0.1, -0.05) is 18.2 Å². The van der Waals surface area contributed by atoms with Crippen molar-refractivity contribution in [3.63, 3.8) is 0 Å². The van der Waals surface area contributed by atoms with Gasteiger partial charge in [0.2, 0.25) is 0 Å². The van der Waals surface area contributed by atoms with Crippen LogP contribution < -0.4 is 0 Å². The molecule has 3 rings (SSSR count). The summed E-state index contributed by atoms with van der Waals surface area (Å²) < 4.78 is 13.7. The van der Waals surface area contributed by atoms with E-state index in [1.54, 1.807) is 0 Å². The molecule has 0 aliphatic rings. The number of nitrogens with zero attached hydrogens (tertiary/aromatic N) is 1. The maximum Gasteiger partial charge on any atom is 0.145 e. The van der Waals surface area contributed by atoms with E-state index >= 15 is 0 Å². The molecule has 3 aromatic rings. The van der Waals surface area contributed by atoms with Gasteiger partial charge in [0.15, 0.2) is 0 Å². The van der Waals surface area contributed by atoms with Crippen molar-refractivity contribution in [1.82, 2.24) is 9.97 Å². The Labute approximate surface area is 103 Å². The molecule has 0 aliphatic heterocycles. The Hall–Kier alpha value is -2.36. The summed E-state index contributed by atoms with van der Waals surface area (Å²) in [5, 5.41) is 9.74. The highest BCUT2D eigenvalue weighted by Crippen LogP contribution is 2.31. The molecular formula is C14H11FN2O. The van der Waals surface area contributed by atoms with Crippen LogP contribution in [0.4, 0.5) is 4.39 Å². The Kier molecular flexibility index (Phi) is 2.30. The van der Waals surface area contributed by atoms with E-state index in [9.17, 15) is 9.50 Å². The number of H-pyrrole nitrogens is 1.